The second-order valence-corrected chi connectivity index (χ2v) is 2.90. The van der Waals surface area contributed by atoms with Gasteiger partial charge < -0.3 is 5.11 Å². The minimum absolute atomic E-state index is 0.0483. The highest BCUT2D eigenvalue weighted by Gasteiger charge is 2.04. The molecule has 0 spiro atoms. The molecule has 0 aromatic carbocycles. The van der Waals surface area contributed by atoms with Crippen molar-refractivity contribution in [2.45, 2.75) is 6.92 Å². The molecule has 4 nitrogen and oxygen atoms in total. The molecule has 0 saturated heterocycles. The standard InChI is InChI=1S/C7H6ClN3O/c1-4-2-5(8)10-11-3-6(12)9-7(4)11/h2-3,12H,1H3. The molecule has 0 aliphatic rings. The van der Waals surface area contributed by atoms with Crippen molar-refractivity contribution >= 4 is 17.2 Å². The second-order valence-electron chi connectivity index (χ2n) is 2.52. The maximum atomic E-state index is 9.06. The molecule has 0 saturated carbocycles. The fourth-order valence-corrected chi connectivity index (χ4v) is 1.32. The van der Waals surface area contributed by atoms with E-state index in [9.17, 15) is 0 Å². The van der Waals surface area contributed by atoms with E-state index in [0.29, 0.717) is 10.8 Å². The summed E-state index contributed by atoms with van der Waals surface area (Å²) in [6.45, 7) is 1.86. The zero-order chi connectivity index (χ0) is 8.72. The summed E-state index contributed by atoms with van der Waals surface area (Å²) in [5.41, 5.74) is 1.51. The first-order chi connectivity index (χ1) is 5.66. The van der Waals surface area contributed by atoms with Crippen molar-refractivity contribution in [1.82, 2.24) is 14.6 Å². The van der Waals surface area contributed by atoms with E-state index in [4.69, 9.17) is 16.7 Å². The van der Waals surface area contributed by atoms with Crippen molar-refractivity contribution < 1.29 is 5.11 Å². The molecule has 5 heteroatoms. The molecule has 0 fully saturated rings. The SMILES string of the molecule is Cc1cc(Cl)nn2cc(O)nc12. The van der Waals surface area contributed by atoms with Gasteiger partial charge in [0.15, 0.2) is 5.65 Å². The van der Waals surface area contributed by atoms with E-state index < -0.39 is 0 Å². The van der Waals surface area contributed by atoms with Crippen molar-refractivity contribution in [2.75, 3.05) is 0 Å². The van der Waals surface area contributed by atoms with Crippen LogP contribution >= 0.6 is 11.6 Å². The number of imidazole rings is 1. The number of nitrogens with zero attached hydrogens (tertiary/aromatic N) is 3. The fourth-order valence-electron chi connectivity index (χ4n) is 1.08. The summed E-state index contributed by atoms with van der Waals surface area (Å²) >= 11 is 5.69. The molecule has 0 unspecified atom stereocenters. The lowest BCUT2D eigenvalue weighted by molar-refractivity contribution is 0.457. The quantitative estimate of drug-likeness (QED) is 0.672. The summed E-state index contributed by atoms with van der Waals surface area (Å²) in [6.07, 6.45) is 1.41. The van der Waals surface area contributed by atoms with Crippen LogP contribution in [0, 0.1) is 6.92 Å². The maximum absolute atomic E-state index is 9.06. The molecule has 1 N–H and O–H groups in total. The van der Waals surface area contributed by atoms with Crippen LogP contribution in [0.2, 0.25) is 5.15 Å². The third-order valence-electron chi connectivity index (χ3n) is 1.57. The van der Waals surface area contributed by atoms with Crippen LogP contribution in [-0.2, 0) is 0 Å². The van der Waals surface area contributed by atoms with E-state index >= 15 is 0 Å². The van der Waals surface area contributed by atoms with Gasteiger partial charge in [-0.05, 0) is 18.6 Å². The van der Waals surface area contributed by atoms with Gasteiger partial charge in [0, 0.05) is 0 Å². The Morgan fingerprint density at radius 2 is 2.33 bits per heavy atom. The van der Waals surface area contributed by atoms with E-state index in [-0.39, 0.29) is 5.88 Å². The summed E-state index contributed by atoms with van der Waals surface area (Å²) in [6, 6.07) is 1.70. The number of aryl methyl sites for hydroxylation is 1. The first-order valence-corrected chi connectivity index (χ1v) is 3.76. The number of fused-ring (bicyclic) bond motifs is 1. The van der Waals surface area contributed by atoms with Gasteiger partial charge in [0.25, 0.3) is 0 Å². The number of rotatable bonds is 0. The number of hydrogen-bond donors (Lipinski definition) is 1. The topological polar surface area (TPSA) is 50.4 Å². The number of aromatic hydroxyl groups is 1. The molecule has 12 heavy (non-hydrogen) atoms. The summed E-state index contributed by atoms with van der Waals surface area (Å²) in [5.74, 6) is -0.0483. The lowest BCUT2D eigenvalue weighted by Gasteiger charge is -1.95. The van der Waals surface area contributed by atoms with Crippen LogP contribution in [0.5, 0.6) is 5.88 Å². The first kappa shape index (κ1) is 7.36. The van der Waals surface area contributed by atoms with Gasteiger partial charge in [-0.2, -0.15) is 10.1 Å². The van der Waals surface area contributed by atoms with Gasteiger partial charge >= 0.3 is 0 Å². The zero-order valence-electron chi connectivity index (χ0n) is 6.32. The predicted molar refractivity (Wildman–Crippen MR) is 44.4 cm³/mol. The molecular formula is C7H6ClN3O. The van der Waals surface area contributed by atoms with Crippen molar-refractivity contribution in [1.29, 1.82) is 0 Å². The number of aromatic nitrogens is 3. The van der Waals surface area contributed by atoms with Crippen LogP contribution in [0.15, 0.2) is 12.3 Å². The molecule has 2 heterocycles. The Morgan fingerprint density at radius 1 is 1.58 bits per heavy atom. The van der Waals surface area contributed by atoms with E-state index in [2.05, 4.69) is 10.1 Å². The first-order valence-electron chi connectivity index (χ1n) is 3.38. The average molecular weight is 184 g/mol. The molecule has 0 aliphatic carbocycles. The molecule has 2 aromatic rings. The van der Waals surface area contributed by atoms with Crippen LogP contribution in [0.4, 0.5) is 0 Å². The fraction of sp³-hybridized carbons (Fsp3) is 0.143. The second kappa shape index (κ2) is 2.35. The molecule has 0 bridgehead atoms. The minimum atomic E-state index is -0.0483. The van der Waals surface area contributed by atoms with Crippen LogP contribution < -0.4 is 0 Å². The van der Waals surface area contributed by atoms with Gasteiger partial charge in [0.1, 0.15) is 5.15 Å². The van der Waals surface area contributed by atoms with Crippen LogP contribution in [0.3, 0.4) is 0 Å². The Labute approximate surface area is 73.4 Å². The number of hydrogen-bond acceptors (Lipinski definition) is 3. The molecule has 62 valence electrons. The van der Waals surface area contributed by atoms with Gasteiger partial charge in [0.05, 0.1) is 6.20 Å². The van der Waals surface area contributed by atoms with Crippen LogP contribution in [0.25, 0.3) is 5.65 Å². The van der Waals surface area contributed by atoms with Gasteiger partial charge in [-0.15, -0.1) is 0 Å². The average Bonchev–Trinajstić information content (AvgIpc) is 2.29. The van der Waals surface area contributed by atoms with Crippen molar-refractivity contribution in [3.8, 4) is 5.88 Å². The Morgan fingerprint density at radius 3 is 3.08 bits per heavy atom. The molecule has 2 rings (SSSR count). The largest absolute Gasteiger partial charge is 0.492 e. The molecule has 0 radical (unpaired) electrons. The molecular weight excluding hydrogens is 178 g/mol. The highest BCUT2D eigenvalue weighted by atomic mass is 35.5. The van der Waals surface area contributed by atoms with E-state index in [0.717, 1.165) is 5.56 Å². The van der Waals surface area contributed by atoms with Crippen LogP contribution in [0.1, 0.15) is 5.56 Å². The molecule has 2 aromatic heterocycles. The number of halogens is 1. The monoisotopic (exact) mass is 183 g/mol. The summed E-state index contributed by atoms with van der Waals surface area (Å²) < 4.78 is 1.45. The van der Waals surface area contributed by atoms with E-state index in [1.165, 1.54) is 10.7 Å². The maximum Gasteiger partial charge on any atom is 0.231 e. The molecule has 0 aliphatic heterocycles. The summed E-state index contributed by atoms with van der Waals surface area (Å²) in [5, 5.41) is 13.4. The van der Waals surface area contributed by atoms with Gasteiger partial charge in [-0.25, -0.2) is 4.52 Å². The summed E-state index contributed by atoms with van der Waals surface area (Å²) in [4.78, 5) is 3.85. The Bertz CT molecular complexity index is 437. The lowest BCUT2D eigenvalue weighted by Crippen LogP contribution is -1.92. The normalized spacial score (nSPS) is 10.8. The third kappa shape index (κ3) is 1.00. The predicted octanol–water partition coefficient (Wildman–Crippen LogP) is 1.40. The Kier molecular flexibility index (Phi) is 1.44. The van der Waals surface area contributed by atoms with Crippen molar-refractivity contribution in [3.63, 3.8) is 0 Å². The van der Waals surface area contributed by atoms with Crippen molar-refractivity contribution in [2.24, 2.45) is 0 Å². The Hall–Kier alpha value is -1.29. The van der Waals surface area contributed by atoms with Gasteiger partial charge in [-0.3, -0.25) is 0 Å². The minimum Gasteiger partial charge on any atom is -0.492 e. The highest BCUT2D eigenvalue weighted by Crippen LogP contribution is 2.15. The highest BCUT2D eigenvalue weighted by molar-refractivity contribution is 6.29. The van der Waals surface area contributed by atoms with E-state index in [1.54, 1.807) is 6.07 Å². The van der Waals surface area contributed by atoms with Crippen LogP contribution in [-0.4, -0.2) is 19.7 Å². The van der Waals surface area contributed by atoms with Gasteiger partial charge in [0.2, 0.25) is 5.88 Å². The molecule has 0 atom stereocenters. The zero-order valence-corrected chi connectivity index (χ0v) is 7.08. The molecule has 0 amide bonds. The van der Waals surface area contributed by atoms with Crippen molar-refractivity contribution in [3.05, 3.63) is 23.0 Å². The summed E-state index contributed by atoms with van der Waals surface area (Å²) in [7, 11) is 0. The third-order valence-corrected chi connectivity index (χ3v) is 1.75. The van der Waals surface area contributed by atoms with Gasteiger partial charge in [-0.1, -0.05) is 11.6 Å². The smallest absolute Gasteiger partial charge is 0.231 e. The Balaban J connectivity index is 2.88. The van der Waals surface area contributed by atoms with E-state index in [1.807, 2.05) is 6.92 Å². The lowest BCUT2D eigenvalue weighted by atomic mass is 10.3.